The second-order valence-corrected chi connectivity index (χ2v) is 5.37. The van der Waals surface area contributed by atoms with Crippen molar-refractivity contribution in [3.8, 4) is 6.07 Å². The number of hydrogen-bond donors (Lipinski definition) is 3. The summed E-state index contributed by atoms with van der Waals surface area (Å²) in [7, 11) is 0. The normalized spacial score (nSPS) is 9.85. The molecular weight excluding hydrogens is 330 g/mol. The van der Waals surface area contributed by atoms with Gasteiger partial charge in [0.15, 0.2) is 5.82 Å². The topological polar surface area (TPSA) is 116 Å². The molecule has 3 rings (SSSR count). The van der Waals surface area contributed by atoms with Crippen molar-refractivity contribution in [2.24, 2.45) is 0 Å². The number of hydrogen-bond acceptors (Lipinski definition) is 7. The number of benzene rings is 2. The van der Waals surface area contributed by atoms with Crippen molar-refractivity contribution in [2.45, 2.75) is 6.92 Å². The number of nitriles is 1. The van der Waals surface area contributed by atoms with Crippen LogP contribution in [0.25, 0.3) is 0 Å². The van der Waals surface area contributed by atoms with Gasteiger partial charge >= 0.3 is 0 Å². The van der Waals surface area contributed by atoms with Gasteiger partial charge in [-0.25, -0.2) is 0 Å². The number of rotatable bonds is 5. The summed E-state index contributed by atoms with van der Waals surface area (Å²) in [4.78, 5) is 15.5. The zero-order chi connectivity index (χ0) is 18.4. The largest absolute Gasteiger partial charge is 0.339 e. The van der Waals surface area contributed by atoms with Crippen LogP contribution in [0.2, 0.25) is 0 Å². The van der Waals surface area contributed by atoms with Crippen molar-refractivity contribution in [2.75, 3.05) is 16.0 Å². The lowest BCUT2D eigenvalue weighted by atomic mass is 10.2. The van der Waals surface area contributed by atoms with Crippen LogP contribution in [-0.2, 0) is 4.79 Å². The number of anilines is 5. The van der Waals surface area contributed by atoms with Gasteiger partial charge in [0, 0.05) is 24.0 Å². The Morgan fingerprint density at radius 2 is 1.77 bits per heavy atom. The maximum atomic E-state index is 11.2. The molecule has 1 amide bonds. The highest BCUT2D eigenvalue weighted by Crippen LogP contribution is 2.20. The maximum absolute atomic E-state index is 11.2. The van der Waals surface area contributed by atoms with E-state index in [1.165, 1.54) is 13.1 Å². The van der Waals surface area contributed by atoms with Crippen molar-refractivity contribution in [3.63, 3.8) is 0 Å². The number of carbonyl (C=O) groups is 1. The van der Waals surface area contributed by atoms with Gasteiger partial charge in [0.05, 0.1) is 17.8 Å². The molecule has 0 aliphatic carbocycles. The standard InChI is InChI=1S/C18H15N7O/c1-12(26)21-15-6-3-7-16(9-15)23-18-24-17(11-20-25-18)22-14-5-2-4-13(8-14)10-19/h2-9,11H,1H3,(H,21,26)(H2,22,23,24,25). The second kappa shape index (κ2) is 7.72. The lowest BCUT2D eigenvalue weighted by Gasteiger charge is -2.09. The van der Waals surface area contributed by atoms with Crippen molar-refractivity contribution in [1.82, 2.24) is 15.2 Å². The SMILES string of the molecule is CC(=O)Nc1cccc(Nc2nncc(Nc3cccc(C#N)c3)n2)c1. The Balaban J connectivity index is 1.75. The summed E-state index contributed by atoms with van der Waals surface area (Å²) in [6.07, 6.45) is 1.48. The van der Waals surface area contributed by atoms with Gasteiger partial charge < -0.3 is 16.0 Å². The molecule has 1 aromatic heterocycles. The van der Waals surface area contributed by atoms with Crippen molar-refractivity contribution in [3.05, 3.63) is 60.3 Å². The number of aromatic nitrogens is 3. The fourth-order valence-corrected chi connectivity index (χ4v) is 2.24. The molecule has 0 saturated carbocycles. The fourth-order valence-electron chi connectivity index (χ4n) is 2.24. The van der Waals surface area contributed by atoms with Crippen LogP contribution < -0.4 is 16.0 Å². The average Bonchev–Trinajstić information content (AvgIpc) is 2.62. The molecule has 1 heterocycles. The Labute approximate surface area is 149 Å². The van der Waals surface area contributed by atoms with E-state index in [1.807, 2.05) is 12.1 Å². The van der Waals surface area contributed by atoms with E-state index in [9.17, 15) is 4.79 Å². The van der Waals surface area contributed by atoms with E-state index in [0.29, 0.717) is 28.7 Å². The molecule has 0 spiro atoms. The predicted molar refractivity (Wildman–Crippen MR) is 98.3 cm³/mol. The quantitative estimate of drug-likeness (QED) is 0.650. The third kappa shape index (κ3) is 4.52. The fraction of sp³-hybridized carbons (Fsp3) is 0.0556. The summed E-state index contributed by atoms with van der Waals surface area (Å²) in [5.74, 6) is 0.632. The van der Waals surface area contributed by atoms with Crippen molar-refractivity contribution >= 4 is 34.7 Å². The summed E-state index contributed by atoms with van der Waals surface area (Å²) in [6.45, 7) is 1.45. The number of carbonyl (C=O) groups excluding carboxylic acids is 1. The molecule has 0 aliphatic heterocycles. The number of amides is 1. The molecule has 0 radical (unpaired) electrons. The highest BCUT2D eigenvalue weighted by atomic mass is 16.1. The van der Waals surface area contributed by atoms with E-state index in [0.717, 1.165) is 5.69 Å². The molecule has 0 bridgehead atoms. The first kappa shape index (κ1) is 16.9. The Kier molecular flexibility index (Phi) is 5.00. The molecule has 3 N–H and O–H groups in total. The monoisotopic (exact) mass is 345 g/mol. The number of nitrogens with one attached hydrogen (secondary N) is 3. The molecule has 0 aliphatic rings. The molecule has 0 saturated heterocycles. The lowest BCUT2D eigenvalue weighted by molar-refractivity contribution is -0.114. The highest BCUT2D eigenvalue weighted by Gasteiger charge is 2.04. The van der Waals surface area contributed by atoms with E-state index >= 15 is 0 Å². The maximum Gasteiger partial charge on any atom is 0.249 e. The molecule has 3 aromatic rings. The summed E-state index contributed by atoms with van der Waals surface area (Å²) < 4.78 is 0. The van der Waals surface area contributed by atoms with Crippen LogP contribution in [0.1, 0.15) is 12.5 Å². The first-order valence-corrected chi connectivity index (χ1v) is 7.74. The first-order chi connectivity index (χ1) is 12.6. The third-order valence-electron chi connectivity index (χ3n) is 3.26. The van der Waals surface area contributed by atoms with Gasteiger partial charge in [0.1, 0.15) is 0 Å². The van der Waals surface area contributed by atoms with Crippen LogP contribution in [0, 0.1) is 11.3 Å². The molecule has 8 heteroatoms. The van der Waals surface area contributed by atoms with Gasteiger partial charge in [0.25, 0.3) is 0 Å². The lowest BCUT2D eigenvalue weighted by Crippen LogP contribution is -2.06. The summed E-state index contributed by atoms with van der Waals surface area (Å²) >= 11 is 0. The third-order valence-corrected chi connectivity index (χ3v) is 3.26. The summed E-state index contributed by atoms with van der Waals surface area (Å²) in [6, 6.07) is 16.3. The van der Waals surface area contributed by atoms with Crippen LogP contribution in [-0.4, -0.2) is 21.1 Å². The van der Waals surface area contributed by atoms with E-state index in [2.05, 4.69) is 37.2 Å². The van der Waals surface area contributed by atoms with Crippen LogP contribution in [0.3, 0.4) is 0 Å². The Morgan fingerprint density at radius 3 is 2.54 bits per heavy atom. The molecule has 0 fully saturated rings. The zero-order valence-electron chi connectivity index (χ0n) is 13.9. The molecule has 0 unspecified atom stereocenters. The van der Waals surface area contributed by atoms with Gasteiger partial charge in [0.2, 0.25) is 11.9 Å². The van der Waals surface area contributed by atoms with E-state index < -0.39 is 0 Å². The van der Waals surface area contributed by atoms with E-state index in [4.69, 9.17) is 5.26 Å². The van der Waals surface area contributed by atoms with Gasteiger partial charge in [-0.3, -0.25) is 4.79 Å². The Morgan fingerprint density at radius 1 is 1.04 bits per heavy atom. The van der Waals surface area contributed by atoms with Gasteiger partial charge in [-0.2, -0.15) is 15.3 Å². The van der Waals surface area contributed by atoms with E-state index in [1.54, 1.807) is 36.4 Å². The van der Waals surface area contributed by atoms with Crippen LogP contribution in [0.15, 0.2) is 54.7 Å². The number of nitrogens with zero attached hydrogens (tertiary/aromatic N) is 4. The molecule has 0 atom stereocenters. The zero-order valence-corrected chi connectivity index (χ0v) is 13.9. The van der Waals surface area contributed by atoms with E-state index in [-0.39, 0.29) is 5.91 Å². The van der Waals surface area contributed by atoms with Crippen LogP contribution >= 0.6 is 0 Å². The van der Waals surface area contributed by atoms with Gasteiger partial charge in [-0.05, 0) is 36.4 Å². The molecular formula is C18H15N7O. The minimum atomic E-state index is -0.147. The minimum Gasteiger partial charge on any atom is -0.339 e. The van der Waals surface area contributed by atoms with Crippen molar-refractivity contribution in [1.29, 1.82) is 5.26 Å². The summed E-state index contributed by atoms with van der Waals surface area (Å²) in [5.41, 5.74) is 2.65. The predicted octanol–water partition coefficient (Wildman–Crippen LogP) is 3.19. The molecule has 128 valence electrons. The Hall–Kier alpha value is -3.99. The molecule has 26 heavy (non-hydrogen) atoms. The second-order valence-electron chi connectivity index (χ2n) is 5.37. The Bertz CT molecular complexity index is 981. The van der Waals surface area contributed by atoms with Crippen LogP contribution in [0.5, 0.6) is 0 Å². The van der Waals surface area contributed by atoms with Crippen LogP contribution in [0.4, 0.5) is 28.8 Å². The van der Waals surface area contributed by atoms with Gasteiger partial charge in [-0.1, -0.05) is 12.1 Å². The van der Waals surface area contributed by atoms with Crippen molar-refractivity contribution < 1.29 is 4.79 Å². The highest BCUT2D eigenvalue weighted by molar-refractivity contribution is 5.89. The van der Waals surface area contributed by atoms with Gasteiger partial charge in [-0.15, -0.1) is 5.10 Å². The molecule has 2 aromatic carbocycles. The average molecular weight is 345 g/mol. The first-order valence-electron chi connectivity index (χ1n) is 7.74. The smallest absolute Gasteiger partial charge is 0.249 e. The minimum absolute atomic E-state index is 0.147. The summed E-state index contributed by atoms with van der Waals surface area (Å²) in [5, 5.41) is 25.7. The molecule has 8 nitrogen and oxygen atoms in total.